The zero-order valence-corrected chi connectivity index (χ0v) is 22.8. The summed E-state index contributed by atoms with van der Waals surface area (Å²) in [5.41, 5.74) is 0.587. The minimum Gasteiger partial charge on any atom is -0.493 e. The molecule has 2 atom stereocenters. The van der Waals surface area contributed by atoms with Crippen LogP contribution in [0.25, 0.3) is 0 Å². The summed E-state index contributed by atoms with van der Waals surface area (Å²) in [5, 5.41) is 12.8. The van der Waals surface area contributed by atoms with Crippen molar-refractivity contribution in [1.82, 2.24) is 9.80 Å². The fourth-order valence-electron chi connectivity index (χ4n) is 5.73. The van der Waals surface area contributed by atoms with Crippen molar-refractivity contribution in [3.63, 3.8) is 0 Å². The van der Waals surface area contributed by atoms with Gasteiger partial charge in [0.1, 0.15) is 0 Å². The number of carbonyl (C=O) groups is 1. The topological polar surface area (TPSA) is 62.2 Å². The number of carbonyl (C=O) groups excluding carboxylic acids is 1. The Balaban J connectivity index is 1.39. The van der Waals surface area contributed by atoms with Crippen molar-refractivity contribution >= 4 is 29.6 Å². The first-order chi connectivity index (χ1) is 17.2. The van der Waals surface area contributed by atoms with E-state index in [1.54, 1.807) is 18.1 Å². The Labute approximate surface area is 224 Å². The van der Waals surface area contributed by atoms with Crippen LogP contribution in [0.15, 0.2) is 36.4 Å². The minimum atomic E-state index is -0.901. The highest BCUT2D eigenvalue weighted by Gasteiger charge is 2.48. The summed E-state index contributed by atoms with van der Waals surface area (Å²) in [5.74, 6) is 1.25. The van der Waals surface area contributed by atoms with Gasteiger partial charge < -0.3 is 24.4 Å². The van der Waals surface area contributed by atoms with Crippen molar-refractivity contribution in [2.24, 2.45) is 5.41 Å². The summed E-state index contributed by atoms with van der Waals surface area (Å²) in [6, 6.07) is 11.1. The van der Waals surface area contributed by atoms with E-state index < -0.39 is 5.60 Å². The number of hydrogen-bond acceptors (Lipinski definition) is 5. The molecule has 2 aromatic rings. The molecule has 2 aliphatic rings. The number of amides is 1. The van der Waals surface area contributed by atoms with Gasteiger partial charge in [0.25, 0.3) is 0 Å². The van der Waals surface area contributed by atoms with Gasteiger partial charge in [0.2, 0.25) is 6.41 Å². The van der Waals surface area contributed by atoms with Gasteiger partial charge in [0.05, 0.1) is 25.4 Å². The van der Waals surface area contributed by atoms with Crippen molar-refractivity contribution in [3.8, 4) is 11.5 Å². The Bertz CT molecular complexity index is 1060. The number of aliphatic hydroxyl groups is 1. The lowest BCUT2D eigenvalue weighted by Gasteiger charge is -2.50. The molecule has 6 nitrogen and oxygen atoms in total. The van der Waals surface area contributed by atoms with E-state index in [1.807, 2.05) is 30.3 Å². The van der Waals surface area contributed by atoms with Gasteiger partial charge in [-0.05, 0) is 49.4 Å². The van der Waals surface area contributed by atoms with Crippen molar-refractivity contribution in [2.75, 3.05) is 39.9 Å². The number of benzene rings is 2. The molecule has 1 N–H and O–H groups in total. The SMILES string of the molecule is COc1cc(Cl)cc(C2CCCN2C=O)c1OCCCN1CCC(O)(c2ccc(Cl)cc2)C(C)(C)C1. The van der Waals surface area contributed by atoms with Crippen LogP contribution in [-0.2, 0) is 10.4 Å². The second-order valence-corrected chi connectivity index (χ2v) is 11.4. The maximum atomic E-state index is 11.6. The largest absolute Gasteiger partial charge is 0.493 e. The number of methoxy groups -OCH3 is 1. The number of likely N-dealkylation sites (tertiary alicyclic amines) is 2. The lowest BCUT2D eigenvalue weighted by molar-refractivity contribution is -0.125. The molecule has 2 aromatic carbocycles. The van der Waals surface area contributed by atoms with E-state index in [1.165, 1.54) is 0 Å². The van der Waals surface area contributed by atoms with Crippen LogP contribution in [0.1, 0.15) is 56.7 Å². The van der Waals surface area contributed by atoms with Crippen LogP contribution < -0.4 is 9.47 Å². The number of nitrogens with zero attached hydrogens (tertiary/aromatic N) is 2. The van der Waals surface area contributed by atoms with Crippen LogP contribution in [0.2, 0.25) is 10.0 Å². The van der Waals surface area contributed by atoms with Crippen molar-refractivity contribution in [3.05, 3.63) is 57.6 Å². The number of hydrogen-bond donors (Lipinski definition) is 1. The molecule has 8 heteroatoms. The molecule has 0 spiro atoms. The van der Waals surface area contributed by atoms with Crippen LogP contribution in [0.5, 0.6) is 11.5 Å². The molecule has 2 fully saturated rings. The first kappa shape index (κ1) is 27.1. The molecule has 0 aliphatic carbocycles. The number of piperidine rings is 1. The molecule has 196 valence electrons. The summed E-state index contributed by atoms with van der Waals surface area (Å²) >= 11 is 12.4. The molecule has 0 radical (unpaired) electrons. The fraction of sp³-hybridized carbons (Fsp3) is 0.536. The predicted octanol–water partition coefficient (Wildman–Crippen LogP) is 5.68. The van der Waals surface area contributed by atoms with Gasteiger partial charge >= 0.3 is 0 Å². The standard InChI is InChI=1S/C28H36Cl2N2O4/c1-27(2)18-31(14-11-28(27,34)20-7-9-21(29)10-8-20)12-5-15-36-26-23(16-22(30)17-25(26)35-3)24-6-4-13-32(24)19-33/h7-10,16-17,19,24,34H,4-6,11-15,18H2,1-3H3. The van der Waals surface area contributed by atoms with E-state index in [4.69, 9.17) is 32.7 Å². The Kier molecular flexibility index (Phi) is 8.40. The molecule has 2 aliphatic heterocycles. The second kappa shape index (κ2) is 11.2. The molecule has 2 saturated heterocycles. The van der Waals surface area contributed by atoms with Crippen LogP contribution in [0, 0.1) is 5.41 Å². The van der Waals surface area contributed by atoms with Crippen LogP contribution >= 0.6 is 23.2 Å². The monoisotopic (exact) mass is 534 g/mol. The maximum Gasteiger partial charge on any atom is 0.210 e. The number of halogens is 2. The van der Waals surface area contributed by atoms with Gasteiger partial charge in [-0.2, -0.15) is 0 Å². The van der Waals surface area contributed by atoms with Crippen LogP contribution in [0.3, 0.4) is 0 Å². The third-order valence-corrected chi connectivity index (χ3v) is 8.24. The zero-order chi connectivity index (χ0) is 25.9. The highest BCUT2D eigenvalue weighted by molar-refractivity contribution is 6.31. The summed E-state index contributed by atoms with van der Waals surface area (Å²) in [4.78, 5) is 15.8. The Morgan fingerprint density at radius 2 is 1.89 bits per heavy atom. The molecule has 0 aromatic heterocycles. The van der Waals surface area contributed by atoms with Crippen molar-refractivity contribution in [1.29, 1.82) is 0 Å². The number of rotatable bonds is 9. The van der Waals surface area contributed by atoms with Gasteiger partial charge in [-0.25, -0.2) is 0 Å². The normalized spacial score (nSPS) is 24.1. The van der Waals surface area contributed by atoms with Crippen molar-refractivity contribution < 1.29 is 19.4 Å². The highest BCUT2D eigenvalue weighted by Crippen LogP contribution is 2.46. The van der Waals surface area contributed by atoms with Gasteiger partial charge in [0, 0.05) is 53.3 Å². The zero-order valence-electron chi connectivity index (χ0n) is 21.3. The molecular weight excluding hydrogens is 499 g/mol. The quantitative estimate of drug-likeness (QED) is 0.331. The molecular formula is C28H36Cl2N2O4. The number of ether oxygens (including phenoxy) is 2. The molecule has 0 bridgehead atoms. The summed E-state index contributed by atoms with van der Waals surface area (Å²) in [6.45, 7) is 7.92. The highest BCUT2D eigenvalue weighted by atomic mass is 35.5. The smallest absolute Gasteiger partial charge is 0.210 e. The maximum absolute atomic E-state index is 11.6. The van der Waals surface area contributed by atoms with E-state index in [9.17, 15) is 9.90 Å². The first-order valence-electron chi connectivity index (χ1n) is 12.6. The molecule has 0 saturated carbocycles. The minimum absolute atomic E-state index is 0.0569. The summed E-state index contributed by atoms with van der Waals surface area (Å²) in [6.07, 6.45) is 4.20. The van der Waals surface area contributed by atoms with E-state index in [0.717, 1.165) is 63.0 Å². The van der Waals surface area contributed by atoms with Gasteiger partial charge in [-0.1, -0.05) is 49.2 Å². The van der Waals surface area contributed by atoms with E-state index in [2.05, 4.69) is 18.7 Å². The van der Waals surface area contributed by atoms with E-state index in [-0.39, 0.29) is 11.5 Å². The lowest BCUT2D eigenvalue weighted by Crippen LogP contribution is -2.55. The Morgan fingerprint density at radius 3 is 2.56 bits per heavy atom. The van der Waals surface area contributed by atoms with Crippen LogP contribution in [0.4, 0.5) is 0 Å². The van der Waals surface area contributed by atoms with Gasteiger partial charge in [-0.15, -0.1) is 0 Å². The molecule has 2 heterocycles. The second-order valence-electron chi connectivity index (χ2n) is 10.5. The average Bonchev–Trinajstić information content (AvgIpc) is 3.33. The fourth-order valence-corrected chi connectivity index (χ4v) is 6.08. The average molecular weight is 536 g/mol. The molecule has 2 unspecified atom stereocenters. The third kappa shape index (κ3) is 5.47. The van der Waals surface area contributed by atoms with Crippen molar-refractivity contribution in [2.45, 2.75) is 51.2 Å². The van der Waals surface area contributed by atoms with E-state index in [0.29, 0.717) is 34.6 Å². The lowest BCUT2D eigenvalue weighted by atomic mass is 9.66. The molecule has 4 rings (SSSR count). The molecule has 1 amide bonds. The summed E-state index contributed by atoms with van der Waals surface area (Å²) < 4.78 is 11.8. The van der Waals surface area contributed by atoms with Gasteiger partial charge in [0.15, 0.2) is 11.5 Å². The van der Waals surface area contributed by atoms with E-state index >= 15 is 0 Å². The Morgan fingerprint density at radius 1 is 1.14 bits per heavy atom. The Hall–Kier alpha value is -1.99. The first-order valence-corrected chi connectivity index (χ1v) is 13.4. The predicted molar refractivity (Wildman–Crippen MR) is 143 cm³/mol. The third-order valence-electron chi connectivity index (χ3n) is 7.77. The van der Waals surface area contributed by atoms with Gasteiger partial charge in [-0.3, -0.25) is 4.79 Å². The molecule has 36 heavy (non-hydrogen) atoms. The van der Waals surface area contributed by atoms with Crippen LogP contribution in [-0.4, -0.2) is 61.2 Å². The summed E-state index contributed by atoms with van der Waals surface area (Å²) in [7, 11) is 1.60.